The van der Waals surface area contributed by atoms with Crippen LogP contribution in [0.25, 0.3) is 11.3 Å². The van der Waals surface area contributed by atoms with Crippen molar-refractivity contribution in [3.8, 4) is 11.3 Å². The summed E-state index contributed by atoms with van der Waals surface area (Å²) >= 11 is 3.41. The molecule has 1 amide bonds. The van der Waals surface area contributed by atoms with Gasteiger partial charge in [0.2, 0.25) is 0 Å². The van der Waals surface area contributed by atoms with Gasteiger partial charge >= 0.3 is 0 Å². The van der Waals surface area contributed by atoms with Gasteiger partial charge in [0.1, 0.15) is 5.01 Å². The third-order valence-corrected chi connectivity index (χ3v) is 5.64. The minimum absolute atomic E-state index is 0.0357. The Labute approximate surface area is 167 Å². The second-order valence-electron chi connectivity index (χ2n) is 5.55. The number of rotatable bonds is 5. The summed E-state index contributed by atoms with van der Waals surface area (Å²) < 4.78 is 0.533. The molecule has 0 fully saturated rings. The molecule has 0 spiro atoms. The third kappa shape index (κ3) is 4.07. The van der Waals surface area contributed by atoms with Crippen molar-refractivity contribution in [2.24, 2.45) is 0 Å². The van der Waals surface area contributed by atoms with E-state index in [1.807, 2.05) is 65.2 Å². The Hall–Kier alpha value is -2.33. The van der Waals surface area contributed by atoms with E-state index in [0.717, 1.165) is 16.3 Å². The van der Waals surface area contributed by atoms with Gasteiger partial charge < -0.3 is 5.32 Å². The van der Waals surface area contributed by atoms with E-state index >= 15 is 0 Å². The van der Waals surface area contributed by atoms with Crippen LogP contribution >= 0.6 is 33.9 Å². The molecule has 1 unspecified atom stereocenters. The lowest BCUT2D eigenvalue weighted by Crippen LogP contribution is -2.27. The summed E-state index contributed by atoms with van der Waals surface area (Å²) in [5.74, 6) is -0.284. The molecule has 0 aliphatic heterocycles. The lowest BCUT2D eigenvalue weighted by molar-refractivity contribution is -0.384. The summed E-state index contributed by atoms with van der Waals surface area (Å²) in [4.78, 5) is 27.4. The van der Waals surface area contributed by atoms with Gasteiger partial charge in [-0.05, 0) is 35.6 Å². The summed E-state index contributed by atoms with van der Waals surface area (Å²) in [5, 5.41) is 16.5. The largest absolute Gasteiger partial charge is 0.343 e. The Kier molecular flexibility index (Phi) is 5.62. The lowest BCUT2D eigenvalue weighted by Gasteiger charge is -2.12. The zero-order valence-electron chi connectivity index (χ0n) is 13.7. The highest BCUT2D eigenvalue weighted by Crippen LogP contribution is 2.26. The zero-order chi connectivity index (χ0) is 18.7. The summed E-state index contributed by atoms with van der Waals surface area (Å²) in [7, 11) is 0. The number of nitrogens with zero attached hydrogens (tertiary/aromatic N) is 2. The van der Waals surface area contributed by atoms with Crippen LogP contribution in [-0.2, 0) is 0 Å². The Morgan fingerprint density at radius 3 is 2.65 bits per heavy atom. The number of carbonyl (C=O) groups excluding carboxylic acids is 1. The quantitative estimate of drug-likeness (QED) is 0.323. The standard InChI is InChI=1S/C18H14IN3O3S/c1-11(18-21-16(10-26-18)12-5-3-2-4-6-12)20-17(23)14-8-7-13(22(24)25)9-15(14)19/h2-11H,1H3,(H,20,23). The number of halogens is 1. The number of amides is 1. The van der Waals surface area contributed by atoms with E-state index in [0.29, 0.717) is 9.13 Å². The molecule has 1 aromatic heterocycles. The molecule has 8 heteroatoms. The van der Waals surface area contributed by atoms with Crippen molar-refractivity contribution in [2.45, 2.75) is 13.0 Å². The molecule has 3 rings (SSSR count). The average molecular weight is 479 g/mol. The first-order chi connectivity index (χ1) is 12.5. The third-order valence-electron chi connectivity index (χ3n) is 3.72. The highest BCUT2D eigenvalue weighted by Gasteiger charge is 2.18. The zero-order valence-corrected chi connectivity index (χ0v) is 16.7. The summed E-state index contributed by atoms with van der Waals surface area (Å²) in [6, 6.07) is 13.8. The van der Waals surface area contributed by atoms with Crippen LogP contribution < -0.4 is 5.32 Å². The van der Waals surface area contributed by atoms with Crippen LogP contribution in [0.4, 0.5) is 5.69 Å². The molecule has 3 aromatic rings. The van der Waals surface area contributed by atoms with Crippen molar-refractivity contribution in [1.29, 1.82) is 0 Å². The number of nitro groups is 1. The molecule has 0 bridgehead atoms. The Balaban J connectivity index is 1.74. The first-order valence-electron chi connectivity index (χ1n) is 7.71. The Morgan fingerprint density at radius 1 is 1.27 bits per heavy atom. The Bertz CT molecular complexity index is 959. The summed E-state index contributed by atoms with van der Waals surface area (Å²) in [5.41, 5.74) is 2.27. The van der Waals surface area contributed by atoms with Crippen molar-refractivity contribution >= 4 is 45.5 Å². The fourth-order valence-electron chi connectivity index (χ4n) is 2.37. The molecule has 0 aliphatic rings. The highest BCUT2D eigenvalue weighted by atomic mass is 127. The molecule has 2 aromatic carbocycles. The molecule has 1 N–H and O–H groups in total. The summed E-state index contributed by atoms with van der Waals surface area (Å²) in [6.07, 6.45) is 0. The number of thiazole rings is 1. The number of carbonyl (C=O) groups is 1. The fraction of sp³-hybridized carbons (Fsp3) is 0.111. The first-order valence-corrected chi connectivity index (χ1v) is 9.67. The predicted molar refractivity (Wildman–Crippen MR) is 109 cm³/mol. The van der Waals surface area contributed by atoms with Crippen LogP contribution in [0, 0.1) is 13.7 Å². The lowest BCUT2D eigenvalue weighted by atomic mass is 10.2. The van der Waals surface area contributed by atoms with Gasteiger partial charge in [-0.2, -0.15) is 0 Å². The number of benzene rings is 2. The van der Waals surface area contributed by atoms with Crippen LogP contribution in [0.15, 0.2) is 53.9 Å². The predicted octanol–water partition coefficient (Wildman–Crippen LogP) is 4.81. The second-order valence-corrected chi connectivity index (χ2v) is 7.61. The smallest absolute Gasteiger partial charge is 0.270 e. The topological polar surface area (TPSA) is 85.1 Å². The van der Waals surface area contributed by atoms with Crippen molar-refractivity contribution in [1.82, 2.24) is 10.3 Å². The van der Waals surface area contributed by atoms with Crippen LogP contribution in [0.1, 0.15) is 28.3 Å². The van der Waals surface area contributed by atoms with Gasteiger partial charge in [0.05, 0.1) is 22.2 Å². The van der Waals surface area contributed by atoms with E-state index in [1.54, 1.807) is 0 Å². The van der Waals surface area contributed by atoms with Crippen LogP contribution in [-0.4, -0.2) is 15.8 Å². The van der Waals surface area contributed by atoms with Crippen LogP contribution in [0.3, 0.4) is 0 Å². The minimum Gasteiger partial charge on any atom is -0.343 e. The molecule has 26 heavy (non-hydrogen) atoms. The van der Waals surface area contributed by atoms with E-state index < -0.39 is 4.92 Å². The molecule has 1 heterocycles. The van der Waals surface area contributed by atoms with Crippen molar-refractivity contribution in [3.63, 3.8) is 0 Å². The number of hydrogen-bond acceptors (Lipinski definition) is 5. The van der Waals surface area contributed by atoms with E-state index in [4.69, 9.17) is 0 Å². The van der Waals surface area contributed by atoms with Crippen molar-refractivity contribution in [3.05, 3.63) is 78.2 Å². The monoisotopic (exact) mass is 479 g/mol. The maximum Gasteiger partial charge on any atom is 0.270 e. The van der Waals surface area contributed by atoms with E-state index in [9.17, 15) is 14.9 Å². The molecule has 1 atom stereocenters. The number of nitro benzene ring substituents is 1. The SMILES string of the molecule is CC(NC(=O)c1ccc([N+](=O)[O-])cc1I)c1nc(-c2ccccc2)cs1. The number of non-ortho nitro benzene ring substituents is 1. The minimum atomic E-state index is -0.479. The van der Waals surface area contributed by atoms with Gasteiger partial charge in [0, 0.05) is 26.6 Å². The molecular formula is C18H14IN3O3S. The molecule has 0 radical (unpaired) electrons. The molecule has 0 aliphatic carbocycles. The van der Waals surface area contributed by atoms with Crippen LogP contribution in [0.2, 0.25) is 0 Å². The maximum absolute atomic E-state index is 12.5. The maximum atomic E-state index is 12.5. The average Bonchev–Trinajstić information content (AvgIpc) is 3.12. The van der Waals surface area contributed by atoms with E-state index in [-0.39, 0.29) is 17.6 Å². The van der Waals surface area contributed by atoms with Gasteiger partial charge in [-0.25, -0.2) is 4.98 Å². The molecule has 0 saturated carbocycles. The van der Waals surface area contributed by atoms with E-state index in [1.165, 1.54) is 29.5 Å². The van der Waals surface area contributed by atoms with Crippen LogP contribution in [0.5, 0.6) is 0 Å². The van der Waals surface area contributed by atoms with Gasteiger partial charge in [0.15, 0.2) is 0 Å². The Morgan fingerprint density at radius 2 is 2.00 bits per heavy atom. The van der Waals surface area contributed by atoms with Gasteiger partial charge in [-0.1, -0.05) is 30.3 Å². The summed E-state index contributed by atoms with van der Waals surface area (Å²) in [6.45, 7) is 1.86. The second kappa shape index (κ2) is 7.92. The van der Waals surface area contributed by atoms with Crippen molar-refractivity contribution in [2.75, 3.05) is 0 Å². The number of hydrogen-bond donors (Lipinski definition) is 1. The van der Waals surface area contributed by atoms with Crippen molar-refractivity contribution < 1.29 is 9.72 Å². The first kappa shape index (κ1) is 18.5. The van der Waals surface area contributed by atoms with Gasteiger partial charge in [-0.3, -0.25) is 14.9 Å². The molecule has 132 valence electrons. The molecular weight excluding hydrogens is 465 g/mol. The number of aromatic nitrogens is 1. The highest BCUT2D eigenvalue weighted by molar-refractivity contribution is 14.1. The van der Waals surface area contributed by atoms with Gasteiger partial charge in [-0.15, -0.1) is 11.3 Å². The number of nitrogens with one attached hydrogen (secondary N) is 1. The molecule has 0 saturated heterocycles. The fourth-order valence-corrected chi connectivity index (χ4v) is 3.94. The van der Waals surface area contributed by atoms with Gasteiger partial charge in [0.25, 0.3) is 11.6 Å². The normalized spacial score (nSPS) is 11.8. The van der Waals surface area contributed by atoms with E-state index in [2.05, 4.69) is 10.3 Å². The molecule has 6 nitrogen and oxygen atoms in total.